The second-order valence-corrected chi connectivity index (χ2v) is 4.77. The van der Waals surface area contributed by atoms with Gasteiger partial charge in [0.05, 0.1) is 5.56 Å². The summed E-state index contributed by atoms with van der Waals surface area (Å²) in [6.45, 7) is 3.42. The molecule has 2 rings (SSSR count). The third-order valence-electron chi connectivity index (χ3n) is 3.29. The van der Waals surface area contributed by atoms with Gasteiger partial charge in [-0.3, -0.25) is 0 Å². The summed E-state index contributed by atoms with van der Waals surface area (Å²) in [4.78, 5) is 0. The van der Waals surface area contributed by atoms with Gasteiger partial charge in [0.25, 0.3) is 0 Å². The zero-order chi connectivity index (χ0) is 14.0. The van der Waals surface area contributed by atoms with Crippen molar-refractivity contribution in [3.05, 3.63) is 29.6 Å². The number of ether oxygens (including phenoxy) is 1. The quantitative estimate of drug-likeness (QED) is 0.838. The number of rotatable bonds is 2. The Kier molecular flexibility index (Phi) is 3.99. The monoisotopic (exact) mass is 277 g/mol. The van der Waals surface area contributed by atoms with E-state index in [-0.39, 0.29) is 17.8 Å². The summed E-state index contributed by atoms with van der Waals surface area (Å²) in [7, 11) is 0. The molecule has 0 aromatic heterocycles. The van der Waals surface area contributed by atoms with Crippen LogP contribution in [0.25, 0.3) is 0 Å². The van der Waals surface area contributed by atoms with E-state index in [9.17, 15) is 17.6 Å². The molecule has 0 spiro atoms. The second kappa shape index (κ2) is 5.36. The van der Waals surface area contributed by atoms with Gasteiger partial charge in [-0.05, 0) is 37.1 Å². The Morgan fingerprint density at radius 2 is 2.05 bits per heavy atom. The van der Waals surface area contributed by atoms with Crippen LogP contribution in [-0.4, -0.2) is 19.2 Å². The molecule has 1 fully saturated rings. The summed E-state index contributed by atoms with van der Waals surface area (Å²) in [5.74, 6) is -0.871. The van der Waals surface area contributed by atoms with Gasteiger partial charge >= 0.3 is 6.18 Å². The summed E-state index contributed by atoms with van der Waals surface area (Å²) in [5, 5.41) is 3.11. The van der Waals surface area contributed by atoms with Crippen LogP contribution in [0.5, 0.6) is 5.75 Å². The predicted molar refractivity (Wildman–Crippen MR) is 62.5 cm³/mol. The van der Waals surface area contributed by atoms with E-state index < -0.39 is 17.6 Å². The van der Waals surface area contributed by atoms with Crippen LogP contribution in [0, 0.1) is 11.7 Å². The first kappa shape index (κ1) is 14.1. The molecule has 1 saturated heterocycles. The highest BCUT2D eigenvalue weighted by Crippen LogP contribution is 2.32. The Morgan fingerprint density at radius 3 is 2.63 bits per heavy atom. The fourth-order valence-electron chi connectivity index (χ4n) is 2.05. The standard InChI is InChI=1S/C13H15F4NO/c1-8-4-5-18-7-12(8)19-11-3-2-9(6-10(11)14)13(15,16)17/h2-3,6,8,12,18H,4-5,7H2,1H3. The number of hydrogen-bond donors (Lipinski definition) is 1. The average Bonchev–Trinajstić information content (AvgIpc) is 2.33. The molecular formula is C13H15F4NO. The minimum Gasteiger partial charge on any atom is -0.486 e. The summed E-state index contributed by atoms with van der Waals surface area (Å²) in [6, 6.07) is 2.34. The van der Waals surface area contributed by atoms with Crippen LogP contribution in [-0.2, 0) is 6.18 Å². The summed E-state index contributed by atoms with van der Waals surface area (Å²) in [6.07, 6.45) is -3.87. The molecule has 1 heterocycles. The highest BCUT2D eigenvalue weighted by atomic mass is 19.4. The maximum absolute atomic E-state index is 13.6. The van der Waals surface area contributed by atoms with Crippen LogP contribution in [0.15, 0.2) is 18.2 Å². The van der Waals surface area contributed by atoms with E-state index in [0.29, 0.717) is 12.6 Å². The fraction of sp³-hybridized carbons (Fsp3) is 0.538. The molecular weight excluding hydrogens is 262 g/mol. The minimum atomic E-state index is -4.54. The number of halogens is 4. The van der Waals surface area contributed by atoms with Crippen LogP contribution in [0.4, 0.5) is 17.6 Å². The van der Waals surface area contributed by atoms with Crippen LogP contribution in [0.2, 0.25) is 0 Å². The Bertz CT molecular complexity index is 447. The molecule has 1 N–H and O–H groups in total. The Hall–Kier alpha value is -1.30. The molecule has 0 radical (unpaired) electrons. The normalized spacial score (nSPS) is 24.3. The van der Waals surface area contributed by atoms with Crippen molar-refractivity contribution in [1.29, 1.82) is 0 Å². The number of benzene rings is 1. The third kappa shape index (κ3) is 3.37. The average molecular weight is 277 g/mol. The van der Waals surface area contributed by atoms with Crippen molar-refractivity contribution in [2.45, 2.75) is 25.6 Å². The van der Waals surface area contributed by atoms with Gasteiger partial charge in [-0.25, -0.2) is 4.39 Å². The topological polar surface area (TPSA) is 21.3 Å². The first-order valence-corrected chi connectivity index (χ1v) is 6.12. The van der Waals surface area contributed by atoms with Crippen molar-refractivity contribution in [2.75, 3.05) is 13.1 Å². The first-order valence-electron chi connectivity index (χ1n) is 6.12. The molecule has 0 bridgehead atoms. The van der Waals surface area contributed by atoms with Gasteiger partial charge in [-0.15, -0.1) is 0 Å². The zero-order valence-electron chi connectivity index (χ0n) is 10.4. The molecule has 1 aromatic carbocycles. The number of alkyl halides is 3. The molecule has 0 aliphatic carbocycles. The van der Waals surface area contributed by atoms with Crippen LogP contribution < -0.4 is 10.1 Å². The first-order chi connectivity index (χ1) is 8.88. The Labute approximate surface area is 108 Å². The van der Waals surface area contributed by atoms with Crippen LogP contribution in [0.1, 0.15) is 18.9 Å². The number of hydrogen-bond acceptors (Lipinski definition) is 2. The Morgan fingerprint density at radius 1 is 1.32 bits per heavy atom. The van der Waals surface area contributed by atoms with E-state index in [1.165, 1.54) is 0 Å². The molecule has 1 aliphatic heterocycles. The predicted octanol–water partition coefficient (Wildman–Crippen LogP) is 3.22. The molecule has 2 nitrogen and oxygen atoms in total. The molecule has 2 atom stereocenters. The van der Waals surface area contributed by atoms with Crippen molar-refractivity contribution >= 4 is 0 Å². The summed E-state index contributed by atoms with van der Waals surface area (Å²) in [5.41, 5.74) is -1.01. The number of nitrogens with one attached hydrogen (secondary N) is 1. The highest BCUT2D eigenvalue weighted by Gasteiger charge is 2.32. The van der Waals surface area contributed by atoms with E-state index in [1.807, 2.05) is 6.92 Å². The lowest BCUT2D eigenvalue weighted by Gasteiger charge is -2.30. The summed E-state index contributed by atoms with van der Waals surface area (Å²) < 4.78 is 56.3. The van der Waals surface area contributed by atoms with Crippen LogP contribution in [0.3, 0.4) is 0 Å². The second-order valence-electron chi connectivity index (χ2n) is 4.77. The molecule has 0 amide bonds. The lowest BCUT2D eigenvalue weighted by Crippen LogP contribution is -2.43. The van der Waals surface area contributed by atoms with Gasteiger partial charge in [0.15, 0.2) is 11.6 Å². The van der Waals surface area contributed by atoms with Crippen molar-refractivity contribution in [3.63, 3.8) is 0 Å². The largest absolute Gasteiger partial charge is 0.486 e. The highest BCUT2D eigenvalue weighted by molar-refractivity contribution is 5.31. The zero-order valence-corrected chi connectivity index (χ0v) is 10.4. The molecule has 1 aromatic rings. The maximum atomic E-state index is 13.6. The molecule has 19 heavy (non-hydrogen) atoms. The van der Waals surface area contributed by atoms with E-state index >= 15 is 0 Å². The smallest absolute Gasteiger partial charge is 0.416 e. The third-order valence-corrected chi connectivity index (χ3v) is 3.29. The Balaban J connectivity index is 2.13. The lowest BCUT2D eigenvalue weighted by atomic mass is 9.97. The lowest BCUT2D eigenvalue weighted by molar-refractivity contribution is -0.137. The van der Waals surface area contributed by atoms with Crippen molar-refractivity contribution in [2.24, 2.45) is 5.92 Å². The van der Waals surface area contributed by atoms with Gasteiger partial charge in [0.2, 0.25) is 0 Å². The van der Waals surface area contributed by atoms with E-state index in [2.05, 4.69) is 5.32 Å². The summed E-state index contributed by atoms with van der Waals surface area (Å²) >= 11 is 0. The van der Waals surface area contributed by atoms with Gasteiger partial charge < -0.3 is 10.1 Å². The minimum absolute atomic E-state index is 0.131. The van der Waals surface area contributed by atoms with Crippen molar-refractivity contribution in [1.82, 2.24) is 5.32 Å². The molecule has 2 unspecified atom stereocenters. The van der Waals surface area contributed by atoms with Gasteiger partial charge in [-0.2, -0.15) is 13.2 Å². The number of piperidine rings is 1. The van der Waals surface area contributed by atoms with E-state index in [1.54, 1.807) is 0 Å². The van der Waals surface area contributed by atoms with E-state index in [0.717, 1.165) is 25.1 Å². The molecule has 106 valence electrons. The maximum Gasteiger partial charge on any atom is 0.416 e. The molecule has 0 saturated carbocycles. The van der Waals surface area contributed by atoms with Gasteiger partial charge in [-0.1, -0.05) is 6.92 Å². The van der Waals surface area contributed by atoms with Gasteiger partial charge in [0.1, 0.15) is 6.10 Å². The van der Waals surface area contributed by atoms with Crippen LogP contribution >= 0.6 is 0 Å². The molecule has 6 heteroatoms. The SMILES string of the molecule is CC1CCNCC1Oc1ccc(C(F)(F)F)cc1F. The van der Waals surface area contributed by atoms with E-state index in [4.69, 9.17) is 4.74 Å². The van der Waals surface area contributed by atoms with Gasteiger partial charge in [0, 0.05) is 6.54 Å². The van der Waals surface area contributed by atoms with Crippen molar-refractivity contribution in [3.8, 4) is 5.75 Å². The van der Waals surface area contributed by atoms with Crippen molar-refractivity contribution < 1.29 is 22.3 Å². The molecule has 1 aliphatic rings. The fourth-order valence-corrected chi connectivity index (χ4v) is 2.05.